The Labute approximate surface area is 119 Å². The van der Waals surface area contributed by atoms with Crippen LogP contribution in [-0.2, 0) is 0 Å². The molecule has 3 rings (SSSR count). The maximum Gasteiger partial charge on any atom is 0.214 e. The van der Waals surface area contributed by atoms with Crippen LogP contribution in [0.25, 0.3) is 20.9 Å². The smallest absolute Gasteiger partial charge is 0.214 e. The molecule has 0 saturated carbocycles. The van der Waals surface area contributed by atoms with Crippen LogP contribution in [0.1, 0.15) is 0 Å². The zero-order valence-corrected chi connectivity index (χ0v) is 11.8. The van der Waals surface area contributed by atoms with Gasteiger partial charge in [-0.25, -0.2) is 9.97 Å². The number of rotatable bonds is 3. The molecule has 0 radical (unpaired) electrons. The molecule has 20 heavy (non-hydrogen) atoms. The standard InChI is InChI=1S/C14H12FN3OS/c1-16-9-4-3-8(7-11(9)19-2)13-17-10-5-6-12(15)18-14(10)20-13/h3-7,16H,1-2H3. The first-order chi connectivity index (χ1) is 9.71. The van der Waals surface area contributed by atoms with E-state index in [4.69, 9.17) is 4.74 Å². The van der Waals surface area contributed by atoms with E-state index in [-0.39, 0.29) is 0 Å². The lowest BCUT2D eigenvalue weighted by atomic mass is 10.2. The number of fused-ring (bicyclic) bond motifs is 1. The molecule has 1 N–H and O–H groups in total. The third-order valence-electron chi connectivity index (χ3n) is 2.94. The van der Waals surface area contributed by atoms with E-state index < -0.39 is 5.95 Å². The summed E-state index contributed by atoms with van der Waals surface area (Å²) < 4.78 is 18.4. The first-order valence-electron chi connectivity index (χ1n) is 6.00. The van der Waals surface area contributed by atoms with Gasteiger partial charge < -0.3 is 10.1 Å². The Morgan fingerprint density at radius 2 is 2.05 bits per heavy atom. The molecule has 2 aromatic heterocycles. The molecule has 2 heterocycles. The fourth-order valence-electron chi connectivity index (χ4n) is 1.95. The summed E-state index contributed by atoms with van der Waals surface area (Å²) >= 11 is 1.36. The molecule has 0 bridgehead atoms. The van der Waals surface area contributed by atoms with Crippen LogP contribution in [0.15, 0.2) is 30.3 Å². The summed E-state index contributed by atoms with van der Waals surface area (Å²) in [6.07, 6.45) is 0. The number of thiazole rings is 1. The molecule has 0 aliphatic heterocycles. The van der Waals surface area contributed by atoms with Gasteiger partial charge in [-0.1, -0.05) is 11.3 Å². The van der Waals surface area contributed by atoms with Crippen LogP contribution in [0.5, 0.6) is 5.75 Å². The van der Waals surface area contributed by atoms with Crippen molar-refractivity contribution in [2.45, 2.75) is 0 Å². The van der Waals surface area contributed by atoms with E-state index in [1.165, 1.54) is 17.4 Å². The number of nitrogens with one attached hydrogen (secondary N) is 1. The van der Waals surface area contributed by atoms with Gasteiger partial charge in [-0.2, -0.15) is 4.39 Å². The Bertz CT molecular complexity index is 772. The first-order valence-corrected chi connectivity index (χ1v) is 6.82. The number of benzene rings is 1. The van der Waals surface area contributed by atoms with E-state index in [9.17, 15) is 4.39 Å². The SMILES string of the molecule is CNc1ccc(-c2nc3ccc(F)nc3s2)cc1OC. The average Bonchev–Trinajstić information content (AvgIpc) is 2.89. The highest BCUT2D eigenvalue weighted by molar-refractivity contribution is 7.21. The molecule has 0 saturated heterocycles. The maximum atomic E-state index is 13.1. The number of anilines is 1. The largest absolute Gasteiger partial charge is 0.495 e. The molecule has 0 fully saturated rings. The van der Waals surface area contributed by atoms with Crippen LogP contribution >= 0.6 is 11.3 Å². The minimum atomic E-state index is -0.490. The van der Waals surface area contributed by atoms with Crippen LogP contribution in [-0.4, -0.2) is 24.1 Å². The summed E-state index contributed by atoms with van der Waals surface area (Å²) in [4.78, 5) is 8.91. The molecular weight excluding hydrogens is 277 g/mol. The maximum absolute atomic E-state index is 13.1. The zero-order valence-electron chi connectivity index (χ0n) is 11.0. The molecule has 0 amide bonds. The number of ether oxygens (including phenoxy) is 1. The highest BCUT2D eigenvalue weighted by Crippen LogP contribution is 2.34. The molecule has 0 atom stereocenters. The van der Waals surface area contributed by atoms with Gasteiger partial charge in [-0.15, -0.1) is 0 Å². The van der Waals surface area contributed by atoms with Crippen molar-refractivity contribution in [3.05, 3.63) is 36.3 Å². The number of nitrogens with zero attached hydrogens (tertiary/aromatic N) is 2. The van der Waals surface area contributed by atoms with Crippen molar-refractivity contribution >= 4 is 27.4 Å². The van der Waals surface area contributed by atoms with Gasteiger partial charge in [0.05, 0.1) is 12.8 Å². The number of hydrogen-bond acceptors (Lipinski definition) is 5. The molecule has 1 aromatic carbocycles. The zero-order chi connectivity index (χ0) is 14.1. The molecule has 0 aliphatic carbocycles. The lowest BCUT2D eigenvalue weighted by Crippen LogP contribution is -1.93. The molecule has 102 valence electrons. The highest BCUT2D eigenvalue weighted by atomic mass is 32.1. The summed E-state index contributed by atoms with van der Waals surface area (Å²) in [5, 5.41) is 3.85. The number of methoxy groups -OCH3 is 1. The van der Waals surface area contributed by atoms with E-state index in [2.05, 4.69) is 15.3 Å². The van der Waals surface area contributed by atoms with E-state index >= 15 is 0 Å². The lowest BCUT2D eigenvalue weighted by molar-refractivity contribution is 0.417. The highest BCUT2D eigenvalue weighted by Gasteiger charge is 2.10. The van der Waals surface area contributed by atoms with Gasteiger partial charge in [-0.05, 0) is 30.3 Å². The minimum absolute atomic E-state index is 0.490. The quantitative estimate of drug-likeness (QED) is 0.749. The van der Waals surface area contributed by atoms with Crippen molar-refractivity contribution in [1.29, 1.82) is 0 Å². The summed E-state index contributed by atoms with van der Waals surface area (Å²) in [6, 6.07) is 8.73. The fourth-order valence-corrected chi connectivity index (χ4v) is 2.87. The molecule has 4 nitrogen and oxygen atoms in total. The number of hydrogen-bond donors (Lipinski definition) is 1. The van der Waals surface area contributed by atoms with Crippen molar-refractivity contribution in [2.24, 2.45) is 0 Å². The molecular formula is C14H12FN3OS. The van der Waals surface area contributed by atoms with Gasteiger partial charge in [0.2, 0.25) is 5.95 Å². The summed E-state index contributed by atoms with van der Waals surface area (Å²) in [5.74, 6) is 0.249. The van der Waals surface area contributed by atoms with Crippen LogP contribution in [0.4, 0.5) is 10.1 Å². The monoisotopic (exact) mass is 289 g/mol. The van der Waals surface area contributed by atoms with Crippen molar-refractivity contribution in [1.82, 2.24) is 9.97 Å². The molecule has 0 unspecified atom stereocenters. The predicted octanol–water partition coefficient (Wildman–Crippen LogP) is 3.55. The number of pyridine rings is 1. The van der Waals surface area contributed by atoms with E-state index in [0.29, 0.717) is 10.3 Å². The molecule has 6 heteroatoms. The minimum Gasteiger partial charge on any atom is -0.495 e. The normalized spacial score (nSPS) is 10.8. The van der Waals surface area contributed by atoms with Gasteiger partial charge in [0.1, 0.15) is 21.1 Å². The Kier molecular flexibility index (Phi) is 3.23. The third kappa shape index (κ3) is 2.18. The van der Waals surface area contributed by atoms with E-state index in [1.54, 1.807) is 13.2 Å². The van der Waals surface area contributed by atoms with Gasteiger partial charge in [-0.3, -0.25) is 0 Å². The predicted molar refractivity (Wildman–Crippen MR) is 78.9 cm³/mol. The second-order valence-corrected chi connectivity index (χ2v) is 5.12. The van der Waals surface area contributed by atoms with Crippen molar-refractivity contribution in [3.63, 3.8) is 0 Å². The lowest BCUT2D eigenvalue weighted by Gasteiger charge is -2.08. The Hall–Kier alpha value is -2.21. The van der Waals surface area contributed by atoms with Gasteiger partial charge in [0.25, 0.3) is 0 Å². The first kappa shape index (κ1) is 12.8. The number of aromatic nitrogens is 2. The van der Waals surface area contributed by atoms with Gasteiger partial charge in [0.15, 0.2) is 0 Å². The molecule has 3 aromatic rings. The third-order valence-corrected chi connectivity index (χ3v) is 3.95. The van der Waals surface area contributed by atoms with Crippen LogP contribution in [0, 0.1) is 5.95 Å². The van der Waals surface area contributed by atoms with Gasteiger partial charge >= 0.3 is 0 Å². The second-order valence-electron chi connectivity index (χ2n) is 4.14. The van der Waals surface area contributed by atoms with Crippen LogP contribution < -0.4 is 10.1 Å². The fraction of sp³-hybridized carbons (Fsp3) is 0.143. The average molecular weight is 289 g/mol. The van der Waals surface area contributed by atoms with Crippen LogP contribution in [0.3, 0.4) is 0 Å². The van der Waals surface area contributed by atoms with Crippen molar-refractivity contribution in [3.8, 4) is 16.3 Å². The molecule has 0 spiro atoms. The van der Waals surface area contributed by atoms with Gasteiger partial charge in [0, 0.05) is 12.6 Å². The van der Waals surface area contributed by atoms with Crippen molar-refractivity contribution < 1.29 is 9.13 Å². The summed E-state index contributed by atoms with van der Waals surface area (Å²) in [7, 11) is 3.46. The van der Waals surface area contributed by atoms with E-state index in [0.717, 1.165) is 22.0 Å². The van der Waals surface area contributed by atoms with Crippen LogP contribution in [0.2, 0.25) is 0 Å². The summed E-state index contributed by atoms with van der Waals surface area (Å²) in [6.45, 7) is 0. The topological polar surface area (TPSA) is 47.0 Å². The Morgan fingerprint density at radius 1 is 1.20 bits per heavy atom. The Balaban J connectivity index is 2.10. The number of halogens is 1. The van der Waals surface area contributed by atoms with E-state index in [1.807, 2.05) is 25.2 Å². The molecule has 0 aliphatic rings. The Morgan fingerprint density at radius 3 is 2.80 bits per heavy atom. The summed E-state index contributed by atoms with van der Waals surface area (Å²) in [5.41, 5.74) is 2.52. The van der Waals surface area contributed by atoms with Crippen molar-refractivity contribution in [2.75, 3.05) is 19.5 Å². The second kappa shape index (κ2) is 5.05.